The number of rotatable bonds is 5. The third kappa shape index (κ3) is 6.96. The van der Waals surface area contributed by atoms with Crippen molar-refractivity contribution in [3.05, 3.63) is 65.4 Å². The number of anilines is 1. The van der Waals surface area contributed by atoms with Crippen LogP contribution in [0.2, 0.25) is 0 Å². The number of amides is 1. The van der Waals surface area contributed by atoms with E-state index in [1.165, 1.54) is 30.3 Å². The fraction of sp³-hybridized carbons (Fsp3) is 0.0952. The van der Waals surface area contributed by atoms with E-state index in [1.807, 2.05) is 0 Å². The summed E-state index contributed by atoms with van der Waals surface area (Å²) in [5.41, 5.74) is 1.26. The second-order valence-electron chi connectivity index (χ2n) is 7.49. The average Bonchev–Trinajstić information content (AvgIpc) is 3.23. The fourth-order valence-electron chi connectivity index (χ4n) is 3.38. The summed E-state index contributed by atoms with van der Waals surface area (Å²) in [7, 11) is -9.04. The summed E-state index contributed by atoms with van der Waals surface area (Å²) in [6.07, 6.45) is 1.34. The molecule has 1 N–H and O–H groups in total. The van der Waals surface area contributed by atoms with Gasteiger partial charge in [0.2, 0.25) is 0 Å². The number of benzene rings is 2. The topological polar surface area (TPSA) is 185 Å². The number of carbonyl (C=O) groups is 1. The molecule has 1 aliphatic rings. The molecule has 16 heteroatoms. The molecule has 0 aliphatic carbocycles. The van der Waals surface area contributed by atoms with Crippen molar-refractivity contribution >= 4 is 43.6 Å². The summed E-state index contributed by atoms with van der Waals surface area (Å²) in [5, 5.41) is 22.3. The second-order valence-corrected chi connectivity index (χ2v) is 10.3. The molecular weight excluding hydrogens is 579 g/mol. The van der Waals surface area contributed by atoms with E-state index in [0.29, 0.717) is 11.4 Å². The molecule has 12 nitrogen and oxygen atoms in total. The SMILES string of the molecule is CC1=NN(c2ccc(S(=O)(=O)[O-])cc2)C(=O)C1=Cc1c(C)nn(-c2ccc(S(=O)(=O)O)cc2)c1[O-].[K+].[K+]. The Labute approximate surface area is 297 Å². The van der Waals surface area contributed by atoms with E-state index in [1.54, 1.807) is 13.8 Å². The van der Waals surface area contributed by atoms with Crippen molar-refractivity contribution in [3.63, 3.8) is 0 Å². The summed E-state index contributed by atoms with van der Waals surface area (Å²) < 4.78 is 65.9. The van der Waals surface area contributed by atoms with E-state index in [-0.39, 0.29) is 130 Å². The maximum absolute atomic E-state index is 13.0. The van der Waals surface area contributed by atoms with Gasteiger partial charge in [-0.05, 0) is 74.3 Å². The quantitative estimate of drug-likeness (QED) is 0.172. The Morgan fingerprint density at radius 1 is 0.892 bits per heavy atom. The summed E-state index contributed by atoms with van der Waals surface area (Å²) in [6, 6.07) is 9.50. The molecule has 1 aromatic heterocycles. The van der Waals surface area contributed by atoms with Gasteiger partial charge in [0.05, 0.1) is 38.1 Å². The largest absolute Gasteiger partial charge is 1.00 e. The molecule has 2 heterocycles. The Bertz CT molecular complexity index is 1630. The molecule has 182 valence electrons. The first-order valence-electron chi connectivity index (χ1n) is 9.79. The average molecular weight is 595 g/mol. The molecule has 0 spiro atoms. The van der Waals surface area contributed by atoms with E-state index in [0.717, 1.165) is 34.0 Å². The van der Waals surface area contributed by atoms with Crippen molar-refractivity contribution in [2.75, 3.05) is 5.01 Å². The first-order valence-corrected chi connectivity index (χ1v) is 12.6. The van der Waals surface area contributed by atoms with E-state index in [2.05, 4.69) is 10.2 Å². The summed E-state index contributed by atoms with van der Waals surface area (Å²) in [6.45, 7) is 3.11. The maximum atomic E-state index is 13.0. The molecule has 37 heavy (non-hydrogen) atoms. The number of hydrogen-bond donors (Lipinski definition) is 1. The van der Waals surface area contributed by atoms with Crippen LogP contribution in [0.15, 0.2) is 69.0 Å². The second kappa shape index (κ2) is 12.3. The molecule has 0 saturated heterocycles. The van der Waals surface area contributed by atoms with Gasteiger partial charge in [-0.15, -0.1) is 0 Å². The first kappa shape index (κ1) is 32.6. The monoisotopic (exact) mass is 594 g/mol. The molecule has 0 fully saturated rings. The van der Waals surface area contributed by atoms with Gasteiger partial charge in [0.15, 0.2) is 0 Å². The predicted octanol–water partition coefficient (Wildman–Crippen LogP) is -4.78. The van der Waals surface area contributed by atoms with Crippen LogP contribution >= 0.6 is 0 Å². The van der Waals surface area contributed by atoms with Crippen LogP contribution in [0.1, 0.15) is 18.2 Å². The maximum Gasteiger partial charge on any atom is 1.00 e. The molecule has 0 bridgehead atoms. The number of hydrogen-bond acceptors (Lipinski definition) is 9. The van der Waals surface area contributed by atoms with Gasteiger partial charge in [0.25, 0.3) is 16.0 Å². The van der Waals surface area contributed by atoms with Crippen LogP contribution in [0, 0.1) is 6.92 Å². The third-order valence-corrected chi connectivity index (χ3v) is 6.88. The smallest absolute Gasteiger partial charge is 0.858 e. The van der Waals surface area contributed by atoms with Gasteiger partial charge < -0.3 is 9.66 Å². The molecular formula is C21H16K2N4O8S2. The van der Waals surface area contributed by atoms with Crippen molar-refractivity contribution in [2.24, 2.45) is 5.10 Å². The van der Waals surface area contributed by atoms with Crippen molar-refractivity contribution in [2.45, 2.75) is 23.6 Å². The van der Waals surface area contributed by atoms with Crippen molar-refractivity contribution in [3.8, 4) is 11.6 Å². The third-order valence-electron chi connectivity index (χ3n) is 5.16. The van der Waals surface area contributed by atoms with Crippen molar-refractivity contribution in [1.29, 1.82) is 0 Å². The predicted molar refractivity (Wildman–Crippen MR) is 121 cm³/mol. The molecule has 1 aliphatic heterocycles. The first-order chi connectivity index (χ1) is 16.3. The Balaban J connectivity index is 0.00000241. The van der Waals surface area contributed by atoms with Gasteiger partial charge in [0, 0.05) is 5.56 Å². The van der Waals surface area contributed by atoms with Crippen LogP contribution < -0.4 is 113 Å². The molecule has 2 aromatic carbocycles. The minimum atomic E-state index is -4.65. The number of aromatic nitrogens is 2. The summed E-state index contributed by atoms with van der Waals surface area (Å²) in [4.78, 5) is 12.2. The van der Waals surface area contributed by atoms with Crippen LogP contribution in [0.3, 0.4) is 0 Å². The number of hydrazone groups is 1. The Morgan fingerprint density at radius 2 is 1.41 bits per heavy atom. The molecule has 0 atom stereocenters. The van der Waals surface area contributed by atoms with Gasteiger partial charge in [0.1, 0.15) is 10.1 Å². The van der Waals surface area contributed by atoms with Gasteiger partial charge >= 0.3 is 103 Å². The minimum Gasteiger partial charge on any atom is -0.858 e. The van der Waals surface area contributed by atoms with Crippen LogP contribution in [0.4, 0.5) is 5.69 Å². The number of carbonyl (C=O) groups excluding carboxylic acids is 1. The van der Waals surface area contributed by atoms with E-state index in [4.69, 9.17) is 4.55 Å². The van der Waals surface area contributed by atoms with Crippen molar-refractivity contribution < 1.29 is 139 Å². The van der Waals surface area contributed by atoms with Gasteiger partial charge in [-0.1, -0.05) is 0 Å². The van der Waals surface area contributed by atoms with Gasteiger partial charge in [-0.3, -0.25) is 9.35 Å². The van der Waals surface area contributed by atoms with E-state index in [9.17, 15) is 31.3 Å². The molecule has 4 rings (SSSR count). The minimum absolute atomic E-state index is 0. The van der Waals surface area contributed by atoms with Gasteiger partial charge in [-0.25, -0.2) is 13.1 Å². The van der Waals surface area contributed by atoms with Crippen LogP contribution in [-0.4, -0.2) is 47.3 Å². The van der Waals surface area contributed by atoms with Crippen LogP contribution in [0.25, 0.3) is 11.8 Å². The van der Waals surface area contributed by atoms with E-state index >= 15 is 0 Å². The molecule has 1 amide bonds. The Morgan fingerprint density at radius 3 is 1.92 bits per heavy atom. The zero-order valence-corrected chi connectivity index (χ0v) is 28.0. The molecule has 0 radical (unpaired) electrons. The van der Waals surface area contributed by atoms with E-state index < -0.39 is 36.9 Å². The summed E-state index contributed by atoms with van der Waals surface area (Å²) in [5.74, 6) is -1.15. The normalized spacial score (nSPS) is 14.8. The van der Waals surface area contributed by atoms with Crippen molar-refractivity contribution in [1.82, 2.24) is 9.78 Å². The molecule has 0 saturated carbocycles. The Kier molecular flexibility index (Phi) is 10.8. The molecule has 0 unspecified atom stereocenters. The molecule has 3 aromatic rings. The summed E-state index contributed by atoms with van der Waals surface area (Å²) >= 11 is 0. The standard InChI is InChI=1S/C21H18N4O8S2.2K/c1-12-18(20(26)24(22-12)14-3-7-16(8-4-14)34(28,29)30)11-19-13(2)23-25(21(19)27)15-5-9-17(10-6-15)35(31,32)33;;/h3-11,26H,1-2H3,(H,28,29,30)(H,31,32,33);;/q;2*+1/p-2. The zero-order chi connectivity index (χ0) is 25.7. The Hall–Kier alpha value is -0.577. The number of aryl methyl sites for hydroxylation is 1. The fourth-order valence-corrected chi connectivity index (χ4v) is 4.33. The van der Waals surface area contributed by atoms with Crippen LogP contribution in [-0.2, 0) is 25.0 Å². The number of nitrogens with zero attached hydrogens (tertiary/aromatic N) is 4. The van der Waals surface area contributed by atoms with Crippen LogP contribution in [0.5, 0.6) is 5.88 Å². The van der Waals surface area contributed by atoms with Gasteiger partial charge in [-0.2, -0.15) is 23.6 Å². The zero-order valence-electron chi connectivity index (χ0n) is 20.1.